The molecule has 0 nitrogen and oxygen atoms in total. The average Bonchev–Trinajstić information content (AvgIpc) is 3.23. The molecule has 0 aliphatic heterocycles. The molecule has 2 aliphatic rings. The van der Waals surface area contributed by atoms with Crippen molar-refractivity contribution in [3.8, 4) is 22.3 Å². The first-order valence-corrected chi connectivity index (χ1v) is 10.9. The average molecular weight is 486 g/mol. The van der Waals surface area contributed by atoms with Gasteiger partial charge in [0.2, 0.25) is 0 Å². The highest BCUT2D eigenvalue weighted by Gasteiger charge is 2.33. The van der Waals surface area contributed by atoms with Gasteiger partial charge in [-0.25, -0.2) is 0 Å². The maximum absolute atomic E-state index is 3.85. The maximum Gasteiger partial charge on any atom is 0.0260 e. The Bertz CT molecular complexity index is 1230. The summed E-state index contributed by atoms with van der Waals surface area (Å²) in [5.41, 5.74) is 13.0. The summed E-state index contributed by atoms with van der Waals surface area (Å²) in [7, 11) is 0. The summed E-state index contributed by atoms with van der Waals surface area (Å²) < 4.78 is 2.28. The fourth-order valence-electron chi connectivity index (χ4n) is 4.67. The summed E-state index contributed by atoms with van der Waals surface area (Å²) >= 11 is 7.69. The molecule has 0 aromatic heterocycles. The van der Waals surface area contributed by atoms with Crippen molar-refractivity contribution in [3.63, 3.8) is 0 Å². The zero-order valence-electron chi connectivity index (χ0n) is 14.8. The van der Waals surface area contributed by atoms with Crippen molar-refractivity contribution >= 4 is 43.0 Å². The van der Waals surface area contributed by atoms with Gasteiger partial charge in [0.1, 0.15) is 0 Å². The lowest BCUT2D eigenvalue weighted by Gasteiger charge is -2.13. The second kappa shape index (κ2) is 6.04. The van der Waals surface area contributed by atoms with Crippen LogP contribution < -0.4 is 0 Å². The number of fused-ring (bicyclic) bond motifs is 6. The molecule has 0 radical (unpaired) electrons. The number of hydrogen-bond donors (Lipinski definition) is 0. The van der Waals surface area contributed by atoms with Crippen molar-refractivity contribution in [1.82, 2.24) is 0 Å². The molecule has 0 atom stereocenters. The van der Waals surface area contributed by atoms with Crippen molar-refractivity contribution in [3.05, 3.63) is 116 Å². The molecule has 4 aromatic carbocycles. The van der Waals surface area contributed by atoms with Crippen LogP contribution in [0, 0.1) is 0 Å². The molecule has 0 bridgehead atoms. The first-order chi connectivity index (χ1) is 13.8. The Morgan fingerprint density at radius 1 is 0.357 bits per heavy atom. The molecule has 0 amide bonds. The van der Waals surface area contributed by atoms with E-state index in [1.807, 2.05) is 0 Å². The quantitative estimate of drug-likeness (QED) is 0.203. The van der Waals surface area contributed by atoms with Crippen molar-refractivity contribution in [2.75, 3.05) is 0 Å². The SMILES string of the molecule is Brc1cccc2c1/C(=C1\c3ccccc3-c3cccc(Br)c31)c1ccccc1-2. The minimum atomic E-state index is 1.14. The number of benzene rings is 4. The highest BCUT2D eigenvalue weighted by atomic mass is 79.9. The third-order valence-corrected chi connectivity index (χ3v) is 7.07. The van der Waals surface area contributed by atoms with Crippen LogP contribution in [-0.2, 0) is 0 Å². The Labute approximate surface area is 180 Å². The van der Waals surface area contributed by atoms with Gasteiger partial charge in [-0.05, 0) is 56.7 Å². The van der Waals surface area contributed by atoms with Gasteiger partial charge in [0.05, 0.1) is 0 Å². The third-order valence-electron chi connectivity index (χ3n) is 5.75. The van der Waals surface area contributed by atoms with E-state index >= 15 is 0 Å². The number of hydrogen-bond acceptors (Lipinski definition) is 0. The number of rotatable bonds is 0. The Hall–Kier alpha value is -2.42. The van der Waals surface area contributed by atoms with Gasteiger partial charge in [-0.3, -0.25) is 0 Å². The van der Waals surface area contributed by atoms with Gasteiger partial charge in [0, 0.05) is 20.1 Å². The van der Waals surface area contributed by atoms with E-state index in [-0.39, 0.29) is 0 Å². The molecule has 0 saturated heterocycles. The van der Waals surface area contributed by atoms with Crippen LogP contribution in [0.2, 0.25) is 0 Å². The van der Waals surface area contributed by atoms with E-state index in [2.05, 4.69) is 117 Å². The highest BCUT2D eigenvalue weighted by Crippen LogP contribution is 2.56. The third kappa shape index (κ3) is 2.10. The molecule has 28 heavy (non-hydrogen) atoms. The summed E-state index contributed by atoms with van der Waals surface area (Å²) in [6.45, 7) is 0. The van der Waals surface area contributed by atoms with Gasteiger partial charge in [0.25, 0.3) is 0 Å². The van der Waals surface area contributed by atoms with E-state index in [9.17, 15) is 0 Å². The highest BCUT2D eigenvalue weighted by molar-refractivity contribution is 9.10. The van der Waals surface area contributed by atoms with Gasteiger partial charge in [-0.1, -0.05) is 105 Å². The Kier molecular flexibility index (Phi) is 3.56. The van der Waals surface area contributed by atoms with Crippen LogP contribution in [0.25, 0.3) is 33.4 Å². The smallest absolute Gasteiger partial charge is 0.0260 e. The molecule has 0 N–H and O–H groups in total. The summed E-state index contributed by atoms with van der Waals surface area (Å²) in [6.07, 6.45) is 0. The Balaban J connectivity index is 1.85. The van der Waals surface area contributed by atoms with E-state index < -0.39 is 0 Å². The fraction of sp³-hybridized carbons (Fsp3) is 0. The molecular formula is C26H14Br2. The lowest BCUT2D eigenvalue weighted by molar-refractivity contribution is 1.57. The molecule has 4 aromatic rings. The zero-order valence-corrected chi connectivity index (χ0v) is 18.0. The molecule has 0 unspecified atom stereocenters. The Morgan fingerprint density at radius 2 is 0.714 bits per heavy atom. The van der Waals surface area contributed by atoms with Crippen molar-refractivity contribution in [2.24, 2.45) is 0 Å². The predicted molar refractivity (Wildman–Crippen MR) is 124 cm³/mol. The first kappa shape index (κ1) is 16.5. The standard InChI is InChI=1S/C26H14Br2/c27-21-13-5-11-17-15-7-1-3-9-19(15)25(23(17)21)26-20-10-4-2-8-16(20)18-12-6-14-22(28)24(18)26/h1-14H/b26-25+. The molecule has 132 valence electrons. The topological polar surface area (TPSA) is 0 Å². The van der Waals surface area contributed by atoms with Gasteiger partial charge in [0.15, 0.2) is 0 Å². The summed E-state index contributed by atoms with van der Waals surface area (Å²) in [5.74, 6) is 0. The van der Waals surface area contributed by atoms with Crippen LogP contribution in [0.5, 0.6) is 0 Å². The molecule has 6 rings (SSSR count). The van der Waals surface area contributed by atoms with Crippen LogP contribution in [0.4, 0.5) is 0 Å². The fourth-order valence-corrected chi connectivity index (χ4v) is 5.79. The lowest BCUT2D eigenvalue weighted by atomic mass is 9.92. The molecule has 2 aliphatic carbocycles. The monoisotopic (exact) mass is 484 g/mol. The van der Waals surface area contributed by atoms with E-state index in [4.69, 9.17) is 0 Å². The molecule has 2 heteroatoms. The van der Waals surface area contributed by atoms with Crippen LogP contribution in [-0.4, -0.2) is 0 Å². The van der Waals surface area contributed by atoms with Crippen LogP contribution in [0.1, 0.15) is 22.3 Å². The molecule has 0 fully saturated rings. The molecular weight excluding hydrogens is 472 g/mol. The summed E-state index contributed by atoms with van der Waals surface area (Å²) in [5, 5.41) is 0. The van der Waals surface area contributed by atoms with E-state index in [0.717, 1.165) is 8.95 Å². The van der Waals surface area contributed by atoms with Crippen LogP contribution >= 0.6 is 31.9 Å². The van der Waals surface area contributed by atoms with Gasteiger partial charge < -0.3 is 0 Å². The molecule has 0 heterocycles. The summed E-state index contributed by atoms with van der Waals surface area (Å²) in [6, 6.07) is 30.5. The first-order valence-electron chi connectivity index (χ1n) is 9.27. The van der Waals surface area contributed by atoms with E-state index in [0.29, 0.717) is 0 Å². The minimum Gasteiger partial charge on any atom is -0.0616 e. The van der Waals surface area contributed by atoms with Crippen LogP contribution in [0.3, 0.4) is 0 Å². The Morgan fingerprint density at radius 3 is 1.14 bits per heavy atom. The zero-order chi connectivity index (χ0) is 18.8. The van der Waals surface area contributed by atoms with Crippen molar-refractivity contribution in [1.29, 1.82) is 0 Å². The van der Waals surface area contributed by atoms with Crippen LogP contribution in [0.15, 0.2) is 93.9 Å². The van der Waals surface area contributed by atoms with Gasteiger partial charge in [-0.2, -0.15) is 0 Å². The maximum atomic E-state index is 3.85. The second-order valence-electron chi connectivity index (χ2n) is 7.17. The summed E-state index contributed by atoms with van der Waals surface area (Å²) in [4.78, 5) is 0. The normalized spacial score (nSPS) is 15.8. The minimum absolute atomic E-state index is 1.14. The van der Waals surface area contributed by atoms with Gasteiger partial charge >= 0.3 is 0 Å². The van der Waals surface area contributed by atoms with E-state index in [1.54, 1.807) is 0 Å². The van der Waals surface area contributed by atoms with Crippen molar-refractivity contribution < 1.29 is 0 Å². The molecule has 0 spiro atoms. The lowest BCUT2D eigenvalue weighted by Crippen LogP contribution is -1.92. The number of halogens is 2. The van der Waals surface area contributed by atoms with Crippen molar-refractivity contribution in [2.45, 2.75) is 0 Å². The predicted octanol–water partition coefficient (Wildman–Crippen LogP) is 8.18. The second-order valence-corrected chi connectivity index (χ2v) is 8.87. The molecule has 0 saturated carbocycles. The largest absolute Gasteiger partial charge is 0.0616 e. The van der Waals surface area contributed by atoms with E-state index in [1.165, 1.54) is 55.7 Å². The van der Waals surface area contributed by atoms with Gasteiger partial charge in [-0.15, -0.1) is 0 Å².